The Morgan fingerprint density at radius 2 is 2.00 bits per heavy atom. The molecule has 0 aliphatic rings. The summed E-state index contributed by atoms with van der Waals surface area (Å²) >= 11 is 0. The standard InChI is InChI=1S/C15H23N3O2.ClH/c1-12-5-3-6-13(11-12)18(10-8-14(16)19)15(20)7-4-9-17-2;/h3,5-6,11,17H,4,7-10H2,1-2H3,(H2,16,19);1H. The number of primary amides is 1. The number of carbonyl (C=O) groups excluding carboxylic acids is 2. The van der Waals surface area contributed by atoms with Gasteiger partial charge in [-0.3, -0.25) is 9.59 Å². The fourth-order valence-electron chi connectivity index (χ4n) is 1.97. The molecule has 2 amide bonds. The number of benzene rings is 1. The average Bonchev–Trinajstić information content (AvgIpc) is 2.39. The second-order valence-corrected chi connectivity index (χ2v) is 4.81. The van der Waals surface area contributed by atoms with Crippen LogP contribution in [-0.4, -0.2) is 32.0 Å². The maximum Gasteiger partial charge on any atom is 0.227 e. The second kappa shape index (κ2) is 10.2. The molecule has 0 saturated heterocycles. The van der Waals surface area contributed by atoms with Gasteiger partial charge in [-0.1, -0.05) is 12.1 Å². The molecule has 0 atom stereocenters. The number of rotatable bonds is 8. The molecule has 0 saturated carbocycles. The van der Waals surface area contributed by atoms with E-state index in [1.807, 2.05) is 38.2 Å². The predicted octanol–water partition coefficient (Wildman–Crippen LogP) is 1.62. The van der Waals surface area contributed by atoms with Crippen molar-refractivity contribution in [3.05, 3.63) is 29.8 Å². The number of halogens is 1. The van der Waals surface area contributed by atoms with Crippen LogP contribution in [0.2, 0.25) is 0 Å². The normalized spacial score (nSPS) is 9.81. The van der Waals surface area contributed by atoms with Crippen molar-refractivity contribution in [1.82, 2.24) is 5.32 Å². The van der Waals surface area contributed by atoms with E-state index in [9.17, 15) is 9.59 Å². The van der Waals surface area contributed by atoms with Crippen LogP contribution >= 0.6 is 12.4 Å². The van der Waals surface area contributed by atoms with Gasteiger partial charge in [0.25, 0.3) is 0 Å². The highest BCUT2D eigenvalue weighted by Gasteiger charge is 2.16. The molecule has 0 spiro atoms. The monoisotopic (exact) mass is 313 g/mol. The number of carbonyl (C=O) groups is 2. The van der Waals surface area contributed by atoms with E-state index in [2.05, 4.69) is 5.32 Å². The minimum Gasteiger partial charge on any atom is -0.370 e. The lowest BCUT2D eigenvalue weighted by Crippen LogP contribution is -2.34. The Labute approximate surface area is 132 Å². The van der Waals surface area contributed by atoms with Crippen molar-refractivity contribution in [3.63, 3.8) is 0 Å². The summed E-state index contributed by atoms with van der Waals surface area (Å²) in [4.78, 5) is 24.9. The van der Waals surface area contributed by atoms with Crippen molar-refractivity contribution in [2.75, 3.05) is 25.0 Å². The molecular formula is C15H24ClN3O2. The Balaban J connectivity index is 0.00000400. The van der Waals surface area contributed by atoms with Crippen LogP contribution in [-0.2, 0) is 9.59 Å². The van der Waals surface area contributed by atoms with Gasteiger partial charge in [-0.2, -0.15) is 0 Å². The van der Waals surface area contributed by atoms with E-state index in [0.29, 0.717) is 13.0 Å². The highest BCUT2D eigenvalue weighted by Crippen LogP contribution is 2.17. The maximum absolute atomic E-state index is 12.3. The lowest BCUT2D eigenvalue weighted by molar-refractivity contribution is -0.119. The minimum absolute atomic E-state index is 0. The molecule has 6 heteroatoms. The van der Waals surface area contributed by atoms with Crippen molar-refractivity contribution in [3.8, 4) is 0 Å². The highest BCUT2D eigenvalue weighted by molar-refractivity contribution is 5.94. The summed E-state index contributed by atoms with van der Waals surface area (Å²) in [5.41, 5.74) is 7.08. The summed E-state index contributed by atoms with van der Waals surface area (Å²) in [5.74, 6) is -0.377. The molecule has 1 aromatic carbocycles. The van der Waals surface area contributed by atoms with Gasteiger partial charge in [-0.05, 0) is 44.6 Å². The number of hydrogen-bond donors (Lipinski definition) is 2. The van der Waals surface area contributed by atoms with E-state index in [1.54, 1.807) is 4.90 Å². The van der Waals surface area contributed by atoms with Crippen molar-refractivity contribution >= 4 is 29.9 Å². The van der Waals surface area contributed by atoms with Crippen LogP contribution in [0.5, 0.6) is 0 Å². The minimum atomic E-state index is -0.398. The van der Waals surface area contributed by atoms with Gasteiger partial charge < -0.3 is 16.0 Å². The molecule has 0 aromatic heterocycles. The Bertz CT molecular complexity index is 466. The molecule has 0 fully saturated rings. The zero-order valence-corrected chi connectivity index (χ0v) is 13.4. The quantitative estimate of drug-likeness (QED) is 0.716. The van der Waals surface area contributed by atoms with Crippen molar-refractivity contribution in [1.29, 1.82) is 0 Å². The first-order valence-corrected chi connectivity index (χ1v) is 6.84. The fourth-order valence-corrected chi connectivity index (χ4v) is 1.97. The Morgan fingerprint density at radius 3 is 2.57 bits per heavy atom. The lowest BCUT2D eigenvalue weighted by Gasteiger charge is -2.23. The molecule has 118 valence electrons. The average molecular weight is 314 g/mol. The summed E-state index contributed by atoms with van der Waals surface area (Å²) < 4.78 is 0. The van der Waals surface area contributed by atoms with Gasteiger partial charge in [0.2, 0.25) is 11.8 Å². The van der Waals surface area contributed by atoms with Crippen LogP contribution in [0, 0.1) is 6.92 Å². The fraction of sp³-hybridized carbons (Fsp3) is 0.467. The third-order valence-corrected chi connectivity index (χ3v) is 3.01. The first-order valence-electron chi connectivity index (χ1n) is 6.84. The molecule has 0 radical (unpaired) electrons. The van der Waals surface area contributed by atoms with Gasteiger partial charge in [0, 0.05) is 25.1 Å². The predicted molar refractivity (Wildman–Crippen MR) is 87.8 cm³/mol. The van der Waals surface area contributed by atoms with Crippen molar-refractivity contribution < 1.29 is 9.59 Å². The molecule has 0 bridgehead atoms. The Kier molecular flexibility index (Phi) is 9.41. The molecule has 0 aliphatic heterocycles. The molecule has 1 aromatic rings. The van der Waals surface area contributed by atoms with Crippen LogP contribution in [0.25, 0.3) is 0 Å². The third kappa shape index (κ3) is 7.11. The number of hydrogen-bond acceptors (Lipinski definition) is 3. The third-order valence-electron chi connectivity index (χ3n) is 3.01. The number of nitrogens with one attached hydrogen (secondary N) is 1. The highest BCUT2D eigenvalue weighted by atomic mass is 35.5. The van der Waals surface area contributed by atoms with Gasteiger partial charge in [-0.15, -0.1) is 12.4 Å². The van der Waals surface area contributed by atoms with Crippen LogP contribution in [0.4, 0.5) is 5.69 Å². The van der Waals surface area contributed by atoms with E-state index < -0.39 is 5.91 Å². The van der Waals surface area contributed by atoms with Gasteiger partial charge in [0.15, 0.2) is 0 Å². The second-order valence-electron chi connectivity index (χ2n) is 4.81. The molecule has 0 aliphatic carbocycles. The first kappa shape index (κ1) is 19.4. The van der Waals surface area contributed by atoms with Gasteiger partial charge in [0.1, 0.15) is 0 Å². The van der Waals surface area contributed by atoms with Gasteiger partial charge >= 0.3 is 0 Å². The van der Waals surface area contributed by atoms with Crippen LogP contribution in [0.3, 0.4) is 0 Å². The molecule has 1 rings (SSSR count). The Morgan fingerprint density at radius 1 is 1.29 bits per heavy atom. The number of nitrogens with zero attached hydrogens (tertiary/aromatic N) is 1. The van der Waals surface area contributed by atoms with Crippen LogP contribution in [0.15, 0.2) is 24.3 Å². The van der Waals surface area contributed by atoms with Crippen molar-refractivity contribution in [2.45, 2.75) is 26.2 Å². The first-order chi connectivity index (χ1) is 9.54. The molecule has 0 heterocycles. The maximum atomic E-state index is 12.3. The van der Waals surface area contributed by atoms with E-state index in [0.717, 1.165) is 24.2 Å². The van der Waals surface area contributed by atoms with Gasteiger partial charge in [0.05, 0.1) is 0 Å². The SMILES string of the molecule is CNCCCC(=O)N(CCC(N)=O)c1cccc(C)c1.Cl. The summed E-state index contributed by atoms with van der Waals surface area (Å²) in [6, 6.07) is 7.70. The van der Waals surface area contributed by atoms with Crippen LogP contribution < -0.4 is 16.0 Å². The van der Waals surface area contributed by atoms with Crippen LogP contribution in [0.1, 0.15) is 24.8 Å². The zero-order valence-electron chi connectivity index (χ0n) is 12.6. The van der Waals surface area contributed by atoms with Crippen molar-refractivity contribution in [2.24, 2.45) is 5.73 Å². The number of nitrogens with two attached hydrogens (primary N) is 1. The number of aryl methyl sites for hydroxylation is 1. The summed E-state index contributed by atoms with van der Waals surface area (Å²) in [6.45, 7) is 3.10. The summed E-state index contributed by atoms with van der Waals surface area (Å²) in [5, 5.41) is 3.02. The lowest BCUT2D eigenvalue weighted by atomic mass is 10.1. The summed E-state index contributed by atoms with van der Waals surface area (Å²) in [7, 11) is 1.86. The Hall–Kier alpha value is -1.59. The summed E-state index contributed by atoms with van der Waals surface area (Å²) in [6.07, 6.45) is 1.40. The zero-order chi connectivity index (χ0) is 15.0. The number of anilines is 1. The molecule has 21 heavy (non-hydrogen) atoms. The van der Waals surface area contributed by atoms with E-state index in [4.69, 9.17) is 5.73 Å². The molecule has 3 N–H and O–H groups in total. The smallest absolute Gasteiger partial charge is 0.227 e. The van der Waals surface area contributed by atoms with E-state index >= 15 is 0 Å². The largest absolute Gasteiger partial charge is 0.370 e. The molecule has 0 unspecified atom stereocenters. The molecular weight excluding hydrogens is 290 g/mol. The van der Waals surface area contributed by atoms with E-state index in [-0.39, 0.29) is 24.7 Å². The van der Waals surface area contributed by atoms with E-state index in [1.165, 1.54) is 0 Å². The number of amides is 2. The van der Waals surface area contributed by atoms with Gasteiger partial charge in [-0.25, -0.2) is 0 Å². The topological polar surface area (TPSA) is 75.4 Å². The molecule has 5 nitrogen and oxygen atoms in total.